The zero-order chi connectivity index (χ0) is 15.9. The lowest BCUT2D eigenvalue weighted by atomic mass is 9.84. The minimum Gasteiger partial charge on any atom is -0.489 e. The van der Waals surface area contributed by atoms with Crippen molar-refractivity contribution in [1.82, 2.24) is 9.88 Å². The zero-order valence-corrected chi connectivity index (χ0v) is 13.8. The van der Waals surface area contributed by atoms with Gasteiger partial charge in [-0.15, -0.1) is 0 Å². The lowest BCUT2D eigenvalue weighted by Gasteiger charge is -2.41. The summed E-state index contributed by atoms with van der Waals surface area (Å²) in [5.41, 5.74) is 3.91. The van der Waals surface area contributed by atoms with Crippen molar-refractivity contribution in [3.63, 3.8) is 0 Å². The number of hydrogen-bond acceptors (Lipinski definition) is 2. The van der Waals surface area contributed by atoms with Crippen LogP contribution in [-0.4, -0.2) is 36.1 Å². The van der Waals surface area contributed by atoms with Gasteiger partial charge in [-0.1, -0.05) is 23.8 Å². The fourth-order valence-electron chi connectivity index (χ4n) is 4.25. The van der Waals surface area contributed by atoms with Crippen LogP contribution in [0.5, 0.6) is 5.75 Å². The van der Waals surface area contributed by atoms with Gasteiger partial charge >= 0.3 is 0 Å². The number of H-pyrrole nitrogens is 1. The molecule has 3 fully saturated rings. The first-order chi connectivity index (χ1) is 11.9. The zero-order valence-electron chi connectivity index (χ0n) is 13.8. The molecule has 0 amide bonds. The van der Waals surface area contributed by atoms with E-state index in [0.29, 0.717) is 6.61 Å². The second kappa shape index (κ2) is 5.67. The number of para-hydroxylation sites is 1. The van der Waals surface area contributed by atoms with E-state index in [4.69, 9.17) is 4.74 Å². The largest absolute Gasteiger partial charge is 0.489 e. The fraction of sp³-hybridized carbons (Fsp3) is 0.333. The summed E-state index contributed by atoms with van der Waals surface area (Å²) < 4.78 is 6.01. The average molecular weight is 318 g/mol. The standard InChI is InChI=1S/C21H22N2O/c1-2-4-20-18(3-1)19-6-5-17(13-21(19)22-20)24-12-9-16-14-23-10-7-15(16)8-11-23/h1-6,9,13,15,22H,7-8,10-12,14H2/b16-9-. The predicted octanol–water partition coefficient (Wildman–Crippen LogP) is 4.35. The van der Waals surface area contributed by atoms with Crippen molar-refractivity contribution >= 4 is 21.8 Å². The van der Waals surface area contributed by atoms with Gasteiger partial charge in [-0.3, -0.25) is 4.90 Å². The van der Waals surface area contributed by atoms with Gasteiger partial charge in [-0.25, -0.2) is 0 Å². The Hall–Kier alpha value is -2.26. The van der Waals surface area contributed by atoms with Gasteiger partial charge < -0.3 is 9.72 Å². The van der Waals surface area contributed by atoms with Gasteiger partial charge in [0.05, 0.1) is 5.52 Å². The van der Waals surface area contributed by atoms with Gasteiger partial charge in [0, 0.05) is 28.9 Å². The Morgan fingerprint density at radius 2 is 1.88 bits per heavy atom. The second-order valence-corrected chi connectivity index (χ2v) is 7.02. The summed E-state index contributed by atoms with van der Waals surface area (Å²) in [7, 11) is 0. The molecule has 3 nitrogen and oxygen atoms in total. The normalized spacial score (nSPS) is 24.9. The van der Waals surface area contributed by atoms with E-state index in [1.807, 2.05) is 0 Å². The molecule has 1 N–H and O–H groups in total. The first-order valence-electron chi connectivity index (χ1n) is 8.91. The Balaban J connectivity index is 1.35. The molecule has 6 rings (SSSR count). The summed E-state index contributed by atoms with van der Waals surface area (Å²) in [4.78, 5) is 6.04. The molecule has 3 aliphatic rings. The molecule has 0 aliphatic carbocycles. The van der Waals surface area contributed by atoms with Crippen LogP contribution in [-0.2, 0) is 0 Å². The van der Waals surface area contributed by atoms with Gasteiger partial charge in [0.15, 0.2) is 0 Å². The smallest absolute Gasteiger partial charge is 0.121 e. The summed E-state index contributed by atoms with van der Waals surface area (Å²) in [5, 5.41) is 2.53. The van der Waals surface area contributed by atoms with E-state index in [9.17, 15) is 0 Å². The summed E-state index contributed by atoms with van der Waals surface area (Å²) in [5.74, 6) is 1.74. The molecule has 3 aliphatic heterocycles. The van der Waals surface area contributed by atoms with E-state index in [1.54, 1.807) is 5.57 Å². The molecule has 24 heavy (non-hydrogen) atoms. The van der Waals surface area contributed by atoms with E-state index in [0.717, 1.165) is 23.7 Å². The third-order valence-corrected chi connectivity index (χ3v) is 5.59. The van der Waals surface area contributed by atoms with Crippen LogP contribution < -0.4 is 4.74 Å². The quantitative estimate of drug-likeness (QED) is 0.727. The second-order valence-electron chi connectivity index (χ2n) is 7.02. The number of piperidine rings is 3. The third kappa shape index (κ3) is 2.40. The number of nitrogens with one attached hydrogen (secondary N) is 1. The summed E-state index contributed by atoms with van der Waals surface area (Å²) >= 11 is 0. The SMILES string of the molecule is C(/COc1ccc2c(c1)[nH]c1ccccc12)=C1\CN2CCC1CC2. The Morgan fingerprint density at radius 3 is 2.71 bits per heavy atom. The highest BCUT2D eigenvalue weighted by molar-refractivity contribution is 6.07. The molecule has 3 heteroatoms. The number of rotatable bonds is 3. The van der Waals surface area contributed by atoms with Crippen LogP contribution in [0, 0.1) is 5.92 Å². The van der Waals surface area contributed by atoms with Gasteiger partial charge in [0.1, 0.15) is 12.4 Å². The van der Waals surface area contributed by atoms with Crippen molar-refractivity contribution in [1.29, 1.82) is 0 Å². The summed E-state index contributed by atoms with van der Waals surface area (Å²) in [6, 6.07) is 14.8. The number of benzene rings is 2. The Bertz CT molecular complexity index is 916. The van der Waals surface area contributed by atoms with Crippen molar-refractivity contribution in [2.24, 2.45) is 5.92 Å². The number of aromatic nitrogens is 1. The van der Waals surface area contributed by atoms with Crippen LogP contribution in [0.3, 0.4) is 0 Å². The van der Waals surface area contributed by atoms with Gasteiger partial charge in [-0.05, 0) is 56.1 Å². The molecule has 1 aromatic heterocycles. The van der Waals surface area contributed by atoms with E-state index in [-0.39, 0.29) is 0 Å². The first-order valence-corrected chi connectivity index (χ1v) is 8.91. The molecule has 122 valence electrons. The van der Waals surface area contributed by atoms with E-state index in [1.165, 1.54) is 42.2 Å². The fourth-order valence-corrected chi connectivity index (χ4v) is 4.25. The minimum absolute atomic E-state index is 0.672. The van der Waals surface area contributed by atoms with Gasteiger partial charge in [0.2, 0.25) is 0 Å². The van der Waals surface area contributed by atoms with Crippen molar-refractivity contribution in [2.75, 3.05) is 26.2 Å². The molecule has 0 unspecified atom stereocenters. The molecule has 3 saturated heterocycles. The van der Waals surface area contributed by atoms with Gasteiger partial charge in [0.25, 0.3) is 0 Å². The number of ether oxygens (including phenoxy) is 1. The highest BCUT2D eigenvalue weighted by Gasteiger charge is 2.28. The summed E-state index contributed by atoms with van der Waals surface area (Å²) in [6.07, 6.45) is 4.96. The molecule has 2 aromatic carbocycles. The molecule has 0 radical (unpaired) electrons. The van der Waals surface area contributed by atoms with Crippen LogP contribution in [0.2, 0.25) is 0 Å². The van der Waals surface area contributed by atoms with Crippen molar-refractivity contribution < 1.29 is 4.74 Å². The lowest BCUT2D eigenvalue weighted by molar-refractivity contribution is 0.160. The lowest BCUT2D eigenvalue weighted by Crippen LogP contribution is -2.43. The molecular weight excluding hydrogens is 296 g/mol. The van der Waals surface area contributed by atoms with Crippen molar-refractivity contribution in [3.05, 3.63) is 54.1 Å². The maximum atomic E-state index is 6.01. The van der Waals surface area contributed by atoms with E-state index < -0.39 is 0 Å². The van der Waals surface area contributed by atoms with Crippen LogP contribution in [0.25, 0.3) is 21.8 Å². The maximum absolute atomic E-state index is 6.01. The Morgan fingerprint density at radius 1 is 1.04 bits per heavy atom. The predicted molar refractivity (Wildman–Crippen MR) is 98.5 cm³/mol. The third-order valence-electron chi connectivity index (χ3n) is 5.59. The number of aromatic amines is 1. The molecular formula is C21H22N2O. The van der Waals surface area contributed by atoms with Crippen LogP contribution in [0.4, 0.5) is 0 Å². The van der Waals surface area contributed by atoms with Gasteiger partial charge in [-0.2, -0.15) is 0 Å². The van der Waals surface area contributed by atoms with Crippen LogP contribution in [0.15, 0.2) is 54.1 Å². The highest BCUT2D eigenvalue weighted by atomic mass is 16.5. The number of fused-ring (bicyclic) bond motifs is 6. The molecule has 0 atom stereocenters. The first kappa shape index (κ1) is 14.1. The van der Waals surface area contributed by atoms with Crippen LogP contribution >= 0.6 is 0 Å². The maximum Gasteiger partial charge on any atom is 0.121 e. The minimum atomic E-state index is 0.672. The van der Waals surface area contributed by atoms with Crippen molar-refractivity contribution in [3.8, 4) is 5.75 Å². The summed E-state index contributed by atoms with van der Waals surface area (Å²) in [6.45, 7) is 4.38. The topological polar surface area (TPSA) is 28.3 Å². The highest BCUT2D eigenvalue weighted by Crippen LogP contribution is 2.32. The molecule has 4 heterocycles. The monoisotopic (exact) mass is 318 g/mol. The Labute approximate surface area is 141 Å². The number of nitrogens with zero attached hydrogens (tertiary/aromatic N) is 1. The molecule has 2 bridgehead atoms. The van der Waals surface area contributed by atoms with E-state index >= 15 is 0 Å². The Kier molecular flexibility index (Phi) is 3.34. The average Bonchev–Trinajstić information content (AvgIpc) is 3.00. The molecule has 0 saturated carbocycles. The molecule has 3 aromatic rings. The van der Waals surface area contributed by atoms with Crippen molar-refractivity contribution in [2.45, 2.75) is 12.8 Å². The number of hydrogen-bond donors (Lipinski definition) is 1. The van der Waals surface area contributed by atoms with Crippen LogP contribution in [0.1, 0.15) is 12.8 Å². The van der Waals surface area contributed by atoms with E-state index in [2.05, 4.69) is 58.4 Å². The molecule has 0 spiro atoms.